The van der Waals surface area contributed by atoms with E-state index in [1.165, 1.54) is 12.3 Å². The van der Waals surface area contributed by atoms with Gasteiger partial charge in [0, 0.05) is 43.5 Å². The van der Waals surface area contributed by atoms with Crippen LogP contribution in [0.2, 0.25) is 5.02 Å². The Bertz CT molecular complexity index is 2090. The lowest BCUT2D eigenvalue weighted by Gasteiger charge is -2.29. The Labute approximate surface area is 287 Å². The minimum atomic E-state index is -0.501. The van der Waals surface area contributed by atoms with Crippen molar-refractivity contribution in [1.29, 1.82) is 0 Å². The molecule has 7 rings (SSSR count). The molecular weight excluding hydrogens is 643 g/mol. The second kappa shape index (κ2) is 13.8. The molecule has 0 spiro atoms. The van der Waals surface area contributed by atoms with Gasteiger partial charge in [0.05, 0.1) is 29.5 Å². The van der Waals surface area contributed by atoms with Crippen LogP contribution in [0, 0.1) is 5.82 Å². The molecule has 0 radical (unpaired) electrons. The third-order valence-corrected chi connectivity index (χ3v) is 8.64. The van der Waals surface area contributed by atoms with E-state index in [0.29, 0.717) is 57.6 Å². The van der Waals surface area contributed by atoms with Crippen molar-refractivity contribution < 1.29 is 13.9 Å². The van der Waals surface area contributed by atoms with E-state index in [2.05, 4.69) is 50.1 Å². The van der Waals surface area contributed by atoms with E-state index in [1.807, 2.05) is 68.6 Å². The maximum Gasteiger partial charge on any atom is 0.256 e. The number of benzene rings is 3. The molecule has 3 aromatic carbocycles. The molecule has 1 amide bonds. The first-order chi connectivity index (χ1) is 23.9. The van der Waals surface area contributed by atoms with Crippen LogP contribution >= 0.6 is 11.6 Å². The summed E-state index contributed by atoms with van der Waals surface area (Å²) in [6, 6.07) is 27.4. The summed E-state index contributed by atoms with van der Waals surface area (Å²) in [5.41, 5.74) is 5.43. The number of fused-ring (bicyclic) bond motifs is 2. The molecule has 1 atom stereocenters. The van der Waals surface area contributed by atoms with Crippen molar-refractivity contribution in [3.05, 3.63) is 130 Å². The molecule has 0 saturated carbocycles. The molecule has 12 heteroatoms. The second-order valence-corrected chi connectivity index (χ2v) is 12.2. The Balaban J connectivity index is 1.52. The Morgan fingerprint density at radius 3 is 2.37 bits per heavy atom. The Morgan fingerprint density at radius 1 is 0.980 bits per heavy atom. The highest BCUT2D eigenvalue weighted by molar-refractivity contribution is 6.34. The summed E-state index contributed by atoms with van der Waals surface area (Å²) in [5.74, 6) is 0.481. The van der Waals surface area contributed by atoms with Gasteiger partial charge in [0.25, 0.3) is 5.91 Å². The minimum absolute atomic E-state index is 0.122. The van der Waals surface area contributed by atoms with Gasteiger partial charge in [-0.3, -0.25) is 4.79 Å². The van der Waals surface area contributed by atoms with E-state index in [0.717, 1.165) is 23.0 Å². The fourth-order valence-corrected chi connectivity index (χ4v) is 6.21. The fourth-order valence-electron chi connectivity index (χ4n) is 5.94. The Kier molecular flexibility index (Phi) is 8.99. The van der Waals surface area contributed by atoms with Crippen LogP contribution in [0.25, 0.3) is 16.8 Å². The fraction of sp³-hybridized carbons (Fsp3) is 0.189. The van der Waals surface area contributed by atoms with Crippen molar-refractivity contribution in [3.63, 3.8) is 0 Å². The number of hydrogen-bond acceptors (Lipinski definition) is 8. The van der Waals surface area contributed by atoms with Crippen molar-refractivity contribution in [2.75, 3.05) is 29.1 Å². The third-order valence-electron chi connectivity index (χ3n) is 8.33. The summed E-state index contributed by atoms with van der Waals surface area (Å²) in [4.78, 5) is 25.2. The summed E-state index contributed by atoms with van der Waals surface area (Å²) in [7, 11) is 1.83. The maximum atomic E-state index is 14.6. The second-order valence-electron chi connectivity index (χ2n) is 11.8. The van der Waals surface area contributed by atoms with Crippen LogP contribution in [0.5, 0.6) is 5.88 Å². The van der Waals surface area contributed by atoms with Crippen LogP contribution < -0.4 is 25.6 Å². The first-order valence-electron chi connectivity index (χ1n) is 15.9. The lowest BCUT2D eigenvalue weighted by molar-refractivity contribution is 0.0932. The molecule has 1 unspecified atom stereocenters. The Hall–Kier alpha value is -5.68. The molecule has 2 bridgehead atoms. The van der Waals surface area contributed by atoms with Gasteiger partial charge >= 0.3 is 0 Å². The third kappa shape index (κ3) is 6.70. The molecule has 49 heavy (non-hydrogen) atoms. The Morgan fingerprint density at radius 2 is 1.69 bits per heavy atom. The summed E-state index contributed by atoms with van der Waals surface area (Å²) in [5, 5.41) is 14.8. The number of aromatic nitrogens is 4. The number of rotatable bonds is 7. The predicted octanol–water partition coefficient (Wildman–Crippen LogP) is 6.96. The van der Waals surface area contributed by atoms with Crippen LogP contribution in [0.1, 0.15) is 34.0 Å². The zero-order valence-corrected chi connectivity index (χ0v) is 27.7. The van der Waals surface area contributed by atoms with Gasteiger partial charge in [-0.2, -0.15) is 9.61 Å². The average molecular weight is 677 g/mol. The maximum absolute atomic E-state index is 14.6. The topological polar surface area (TPSA) is 109 Å². The molecule has 248 valence electrons. The van der Waals surface area contributed by atoms with Crippen LogP contribution in [0.3, 0.4) is 0 Å². The van der Waals surface area contributed by atoms with E-state index in [9.17, 15) is 9.18 Å². The first kappa shape index (κ1) is 31.9. The highest BCUT2D eigenvalue weighted by atomic mass is 35.5. The molecule has 10 nitrogen and oxygen atoms in total. The molecule has 0 fully saturated rings. The average Bonchev–Trinajstić information content (AvgIpc) is 3.54. The molecule has 4 heterocycles. The number of hydrogen-bond donors (Lipinski definition) is 3. The SMILES string of the molecule is CNc1ccc(-c2c3nc4c(cnn4c2N(Cc2ccccc2)Cc2ccccc2)C(=O)NCC(C)Oc2ncc(F)cc2CN3)c(Cl)c1. The van der Waals surface area contributed by atoms with E-state index in [-0.39, 0.29) is 24.9 Å². The zero-order valence-electron chi connectivity index (χ0n) is 27.0. The molecule has 1 aliphatic rings. The number of ether oxygens (including phenoxy) is 1. The normalized spacial score (nSPS) is 14.4. The van der Waals surface area contributed by atoms with Crippen molar-refractivity contribution in [2.45, 2.75) is 32.7 Å². The number of amides is 1. The molecule has 6 aromatic rings. The van der Waals surface area contributed by atoms with Gasteiger partial charge in [-0.1, -0.05) is 78.3 Å². The number of carbonyl (C=O) groups excluding carboxylic acids is 1. The highest BCUT2D eigenvalue weighted by Gasteiger charge is 2.28. The van der Waals surface area contributed by atoms with Gasteiger partial charge in [-0.25, -0.2) is 14.4 Å². The molecule has 3 N–H and O–H groups in total. The molecule has 0 aliphatic carbocycles. The summed E-state index contributed by atoms with van der Waals surface area (Å²) in [6.07, 6.45) is 2.19. The van der Waals surface area contributed by atoms with Crippen LogP contribution in [0.15, 0.2) is 97.3 Å². The van der Waals surface area contributed by atoms with Crippen molar-refractivity contribution in [2.24, 2.45) is 0 Å². The predicted molar refractivity (Wildman–Crippen MR) is 190 cm³/mol. The van der Waals surface area contributed by atoms with Crippen molar-refractivity contribution in [1.82, 2.24) is 24.9 Å². The highest BCUT2D eigenvalue weighted by Crippen LogP contribution is 2.43. The first-order valence-corrected chi connectivity index (χ1v) is 16.3. The minimum Gasteiger partial charge on any atom is -0.473 e. The lowest BCUT2D eigenvalue weighted by atomic mass is 10.0. The zero-order chi connectivity index (χ0) is 33.9. The van der Waals surface area contributed by atoms with Crippen molar-refractivity contribution in [3.8, 4) is 17.0 Å². The molecule has 3 aromatic heterocycles. The summed E-state index contributed by atoms with van der Waals surface area (Å²) in [6.45, 7) is 3.11. The lowest BCUT2D eigenvalue weighted by Crippen LogP contribution is -2.34. The number of nitrogens with one attached hydrogen (secondary N) is 3. The standard InChI is InChI=1S/C37H34ClFN8O2/c1-23-17-42-35(48)30-20-44-47-34(30)45-33(41-18-26-15-27(39)19-43-36(26)49-23)32(29-14-13-28(40-2)16-31(29)38)37(47)46(21-24-9-5-3-6-10-24)22-25-11-7-4-8-12-25/h3-16,19-20,23,40H,17-18,21-22H2,1-2H3,(H,41,45)(H,42,48). The molecule has 0 saturated heterocycles. The number of anilines is 3. The summed E-state index contributed by atoms with van der Waals surface area (Å²) >= 11 is 7.06. The van der Waals surface area contributed by atoms with Gasteiger partial charge in [0.15, 0.2) is 5.65 Å². The van der Waals surface area contributed by atoms with Crippen LogP contribution in [-0.4, -0.2) is 45.2 Å². The monoisotopic (exact) mass is 676 g/mol. The van der Waals surface area contributed by atoms with Gasteiger partial charge in [-0.05, 0) is 36.2 Å². The number of carbonyl (C=O) groups is 1. The van der Waals surface area contributed by atoms with E-state index in [4.69, 9.17) is 26.4 Å². The van der Waals surface area contributed by atoms with Crippen LogP contribution in [0.4, 0.5) is 21.7 Å². The van der Waals surface area contributed by atoms with Gasteiger partial charge in [0.2, 0.25) is 5.88 Å². The van der Waals surface area contributed by atoms with Gasteiger partial charge in [-0.15, -0.1) is 0 Å². The van der Waals surface area contributed by atoms with Gasteiger partial charge < -0.3 is 25.6 Å². The quantitative estimate of drug-likeness (QED) is 0.167. The number of halogens is 2. The van der Waals surface area contributed by atoms with Gasteiger partial charge in [0.1, 0.15) is 29.1 Å². The number of pyridine rings is 1. The molecular formula is C37H34ClFN8O2. The van der Waals surface area contributed by atoms with E-state index < -0.39 is 11.9 Å². The molecule has 1 aliphatic heterocycles. The van der Waals surface area contributed by atoms with Crippen LogP contribution in [-0.2, 0) is 19.6 Å². The van der Waals surface area contributed by atoms with Crippen molar-refractivity contribution >= 4 is 40.5 Å². The number of nitrogens with zero attached hydrogens (tertiary/aromatic N) is 5. The van der Waals surface area contributed by atoms with E-state index in [1.54, 1.807) is 4.52 Å². The smallest absolute Gasteiger partial charge is 0.256 e. The largest absolute Gasteiger partial charge is 0.473 e. The van der Waals surface area contributed by atoms with E-state index >= 15 is 0 Å². The summed E-state index contributed by atoms with van der Waals surface area (Å²) < 4.78 is 22.4.